The minimum atomic E-state index is -2.41. The van der Waals surface area contributed by atoms with Gasteiger partial charge in [0.1, 0.15) is 120 Å². The van der Waals surface area contributed by atoms with E-state index in [1.165, 1.54) is 44.4 Å². The molecule has 0 spiro atoms. The number of aliphatic hydroxyl groups is 10. The van der Waals surface area contributed by atoms with Crippen molar-refractivity contribution in [3.63, 3.8) is 0 Å². The number of aliphatic carboxylic acids is 1. The highest BCUT2D eigenvalue weighted by Gasteiger charge is 2.53. The average Bonchev–Trinajstić information content (AvgIpc) is 1.11. The molecule has 0 radical (unpaired) electrons. The van der Waals surface area contributed by atoms with Crippen LogP contribution < -0.4 is 68.2 Å². The second-order valence-electron chi connectivity index (χ2n) is 31.5. The monoisotopic (exact) mass is 1790 g/mol. The van der Waals surface area contributed by atoms with Gasteiger partial charge in [0.25, 0.3) is 0 Å². The number of primary amides is 1. The van der Waals surface area contributed by atoms with Crippen LogP contribution in [0.15, 0.2) is 114 Å². The SMILES string of the molecule is CN[C@H](CC(C)C)C(=O)N[C@H]1C(=O)N[C@@H](CC(N)=O)C(=O)N[C@H]2C(=O)N[C@H]3C(=O)N[C@H](C(=O)N[C@@H](C(=O)O)C4=C(C(O)=CC(O)C4)c4cc3ccc4O)[C@H](O[C@H]3C[C@](C)(N)[C@@H](O)[C@H](C)O3)c3ccc(c(Cl)c3)Oc3cc2cc(c3O[C@@H]2O[C@H](CO)[C@@H](OC3O[C@H](CNCc4ccc(-c5cccs5)s4)[C@H](O)[C@H](O)[C@H]3O)[C@H](O)[C@H]2O)Oc2ccc(cc2Cl)[C@H]1O. The molecule has 8 aliphatic heterocycles. The molecule has 6 aromatic rings. The molecule has 11 bridgehead atoms. The Morgan fingerprint density at radius 1 is 0.699 bits per heavy atom. The maximum atomic E-state index is 16.4. The first-order chi connectivity index (χ1) is 58.4. The fourth-order valence-corrected chi connectivity index (χ4v) is 17.9. The van der Waals surface area contributed by atoms with E-state index in [2.05, 4.69) is 42.5 Å². The average molecular weight is 1790 g/mol. The smallest absolute Gasteiger partial charge is 0.330 e. The van der Waals surface area contributed by atoms with Crippen molar-refractivity contribution in [1.29, 1.82) is 0 Å². The van der Waals surface area contributed by atoms with Gasteiger partial charge in [0, 0.05) is 57.2 Å². The van der Waals surface area contributed by atoms with Crippen LogP contribution in [0.3, 0.4) is 0 Å². The number of carbonyl (C=O) groups is 8. The first-order valence-electron chi connectivity index (χ1n) is 39.1. The van der Waals surface area contributed by atoms with Crippen LogP contribution in [-0.4, -0.2) is 251 Å². The number of aromatic hydroxyl groups is 1. The van der Waals surface area contributed by atoms with Gasteiger partial charge >= 0.3 is 5.97 Å². The fraction of sp³-hybridized carbons (Fsp3) is 0.457. The Bertz CT molecular complexity index is 5040. The van der Waals surface area contributed by atoms with E-state index in [1.54, 1.807) is 11.3 Å². The van der Waals surface area contributed by atoms with Gasteiger partial charge in [-0.15, -0.1) is 22.7 Å². The summed E-state index contributed by atoms with van der Waals surface area (Å²) in [7, 11) is 1.47. The number of aliphatic hydroxyl groups excluding tert-OH is 10. The van der Waals surface area contributed by atoms with E-state index in [0.29, 0.717) is 0 Å². The molecule has 24 atom stereocenters. The van der Waals surface area contributed by atoms with Crippen molar-refractivity contribution in [1.82, 2.24) is 42.5 Å². The number of amides is 7. The number of hydrogen-bond donors (Lipinski definition) is 22. The number of phenols is 1. The Labute approximate surface area is 719 Å². The third-order valence-corrected chi connectivity index (χ3v) is 24.8. The summed E-state index contributed by atoms with van der Waals surface area (Å²) in [4.78, 5) is 123. The Hall–Kier alpha value is -9.58. The molecule has 38 nitrogen and oxygen atoms in total. The van der Waals surface area contributed by atoms with E-state index in [4.69, 9.17) is 72.6 Å². The Kier molecular flexibility index (Phi) is 28.2. The predicted octanol–water partition coefficient (Wildman–Crippen LogP) is 0.727. The highest BCUT2D eigenvalue weighted by atomic mass is 35.5. The van der Waals surface area contributed by atoms with Crippen LogP contribution in [0.25, 0.3) is 15.3 Å². The van der Waals surface area contributed by atoms with Gasteiger partial charge in [-0.2, -0.15) is 0 Å². The maximum absolute atomic E-state index is 16.4. The number of thiophene rings is 2. The second-order valence-corrected chi connectivity index (χ2v) is 34.4. The van der Waals surface area contributed by atoms with Crippen molar-refractivity contribution >= 4 is 98.8 Å². The number of hydrogen-bond acceptors (Lipinski definition) is 32. The standard InChI is InChI=1S/C81H94Cl2N10O28S2/c1-30(2)17-42(86-5)72(106)92-60-62(99)33-9-13-46(40(82)19-33)115-48-21-35-22-49(69(48)120-80-67(104)65(102)70(51(29-94)118-80)121-79-66(103)64(101)63(100)50(117-79)28-87-27-37-11-15-53(123-37)52-7-6-16-122-52)116-47-14-10-34(20-41(47)83)68(119-55-26-81(4,85)71(105)31(3)114-55)61-77(111)91-59(78(112)113)39-23-36(95)24-45(97)56(39)38-18-32(8-12-44(38)96)57(74(108)93-61)90-75(109)58(35)89-73(107)43(25-54(84)98)88-76(60)110/h6-16,18-22,24,30-31,36,42-43,50-51,55,57-68,70-71,79-80,86-87,94-97,99-105H,17,23,25-29,85H2,1-5H3,(H2,84,98)(H,88,110)(H,89,107)(H,90,109)(H,91,111)(H,92,106)(H,93,108)(H,112,113)/t31-,36?,42+,43-,50+,51+,55-,57+,58+,59+,60+,61-,62+,63-,64-,65+,66+,67+,68+,70+,71-,79?,80-,81-/m0/s1. The van der Waals surface area contributed by atoms with Crippen LogP contribution in [-0.2, 0) is 68.6 Å². The van der Waals surface area contributed by atoms with Gasteiger partial charge in [0.2, 0.25) is 53.4 Å². The first-order valence-corrected chi connectivity index (χ1v) is 41.6. The zero-order valence-corrected chi connectivity index (χ0v) is 69.4. The van der Waals surface area contributed by atoms with E-state index < -0.39 is 285 Å². The summed E-state index contributed by atoms with van der Waals surface area (Å²) < 4.78 is 51.3. The molecule has 2 aromatic heterocycles. The summed E-state index contributed by atoms with van der Waals surface area (Å²) in [6.07, 6.45) is -30.2. The molecule has 4 aromatic carbocycles. The lowest BCUT2D eigenvalue weighted by molar-refractivity contribution is -0.350. The van der Waals surface area contributed by atoms with Gasteiger partial charge in [-0.1, -0.05) is 61.3 Å². The molecule has 9 aliphatic rings. The van der Waals surface area contributed by atoms with Crippen molar-refractivity contribution in [3.8, 4) is 44.3 Å². The number of carboxylic acid groups (broad SMARTS) is 1. The van der Waals surface area contributed by atoms with E-state index in [9.17, 15) is 75.7 Å². The largest absolute Gasteiger partial charge is 0.508 e. The molecule has 2 unspecified atom stereocenters. The molecule has 3 saturated heterocycles. The number of rotatable bonds is 20. The quantitative estimate of drug-likeness (QED) is 0.0501. The van der Waals surface area contributed by atoms with Gasteiger partial charge in [-0.05, 0) is 139 Å². The zero-order valence-electron chi connectivity index (χ0n) is 66.2. The normalized spacial score (nSPS) is 31.5. The van der Waals surface area contributed by atoms with Crippen LogP contribution in [0.1, 0.15) is 110 Å². The highest BCUT2D eigenvalue weighted by Crippen LogP contribution is 2.50. The lowest BCUT2D eigenvalue weighted by Gasteiger charge is -2.46. The first kappa shape index (κ1) is 91.1. The molecule has 15 rings (SSSR count). The van der Waals surface area contributed by atoms with E-state index in [-0.39, 0.29) is 48.5 Å². The van der Waals surface area contributed by atoms with Gasteiger partial charge in [0.15, 0.2) is 24.1 Å². The maximum Gasteiger partial charge on any atom is 0.330 e. The third kappa shape index (κ3) is 19.9. The van der Waals surface area contributed by atoms with Crippen LogP contribution in [0.2, 0.25) is 10.0 Å². The molecule has 662 valence electrons. The number of likely N-dealkylation sites (N-methyl/N-ethyl adjacent to an activating group) is 1. The molecule has 42 heteroatoms. The van der Waals surface area contributed by atoms with Crippen LogP contribution in [0, 0.1) is 5.92 Å². The van der Waals surface area contributed by atoms with Gasteiger partial charge in [-0.3, -0.25) is 33.6 Å². The van der Waals surface area contributed by atoms with Gasteiger partial charge in [-0.25, -0.2) is 4.79 Å². The molecule has 0 saturated carbocycles. The van der Waals surface area contributed by atoms with Gasteiger partial charge in [0.05, 0.1) is 47.4 Å². The van der Waals surface area contributed by atoms with E-state index in [1.807, 2.05) is 43.5 Å². The minimum Gasteiger partial charge on any atom is -0.508 e. The summed E-state index contributed by atoms with van der Waals surface area (Å²) in [5, 5.41) is 162. The lowest BCUT2D eigenvalue weighted by atomic mass is 9.83. The Morgan fingerprint density at radius 3 is 1.99 bits per heavy atom. The summed E-state index contributed by atoms with van der Waals surface area (Å²) in [5.41, 5.74) is 8.36. The summed E-state index contributed by atoms with van der Waals surface area (Å²) in [5.74, 6) is -15.6. The van der Waals surface area contributed by atoms with Crippen molar-refractivity contribution in [2.45, 2.75) is 206 Å². The van der Waals surface area contributed by atoms with E-state index in [0.717, 1.165) is 75.3 Å². The van der Waals surface area contributed by atoms with Crippen molar-refractivity contribution in [3.05, 3.63) is 157 Å². The van der Waals surface area contributed by atoms with Crippen LogP contribution >= 0.6 is 45.9 Å². The van der Waals surface area contributed by atoms with Gasteiger partial charge < -0.3 is 153 Å². The van der Waals surface area contributed by atoms with E-state index >= 15 is 24.0 Å². The number of nitrogens with two attached hydrogens (primary N) is 2. The van der Waals surface area contributed by atoms with Crippen molar-refractivity contribution < 1.29 is 138 Å². The molecule has 1 aliphatic carbocycles. The number of fused-ring (bicyclic) bond motifs is 14. The topological polar surface area (TPSA) is 601 Å². The number of nitrogens with one attached hydrogen (secondary N) is 8. The predicted molar refractivity (Wildman–Crippen MR) is 435 cm³/mol. The Balaban J connectivity index is 0.975. The fourth-order valence-electron chi connectivity index (χ4n) is 15.6. The summed E-state index contributed by atoms with van der Waals surface area (Å²) in [6.45, 7) is 5.60. The van der Waals surface area contributed by atoms with Crippen molar-refractivity contribution in [2.75, 3.05) is 20.2 Å². The van der Waals surface area contributed by atoms with Crippen LogP contribution in [0.4, 0.5) is 0 Å². The third-order valence-electron chi connectivity index (χ3n) is 22.0. The number of carboxylic acids is 1. The lowest BCUT2D eigenvalue weighted by Crippen LogP contribution is -2.65. The zero-order chi connectivity index (χ0) is 88.6. The Morgan fingerprint density at radius 2 is 1.35 bits per heavy atom. The molecular formula is C81H94Cl2N10O28S2. The van der Waals surface area contributed by atoms with Crippen LogP contribution in [0.5, 0.6) is 34.5 Å². The van der Waals surface area contributed by atoms with Crippen molar-refractivity contribution in [2.24, 2.45) is 17.4 Å². The summed E-state index contributed by atoms with van der Waals surface area (Å²) in [6, 6.07) is 5.44. The molecule has 7 amide bonds. The minimum absolute atomic E-state index is 0.125. The molecule has 3 fully saturated rings. The number of halogens is 2. The molecular weight excluding hydrogens is 1700 g/mol. The number of allylic oxidation sites excluding steroid dienone is 1. The number of carbonyl (C=O) groups excluding carboxylic acids is 7. The highest BCUT2D eigenvalue weighted by molar-refractivity contribution is 7.21. The number of ether oxygens (including phenoxy) is 8. The molecule has 123 heavy (non-hydrogen) atoms. The summed E-state index contributed by atoms with van der Waals surface area (Å²) >= 11 is 17.6. The molecule has 24 N–H and O–H groups in total. The molecule has 10 heterocycles. The second kappa shape index (κ2) is 38.1. The number of phenolic OH excluding ortho intramolecular Hbond substituents is 1. The number of benzene rings is 4.